The molecule has 0 unspecified atom stereocenters. The van der Waals surface area contributed by atoms with E-state index in [0.29, 0.717) is 0 Å². The molecule has 0 aliphatic rings. The molecule has 0 radical (unpaired) electrons. The van der Waals surface area contributed by atoms with Crippen molar-refractivity contribution in [2.45, 2.75) is 19.5 Å². The maximum atomic E-state index is 5.30. The summed E-state index contributed by atoms with van der Waals surface area (Å²) in [5.74, 6) is 0.950. The second-order valence-electron chi connectivity index (χ2n) is 3.60. The van der Waals surface area contributed by atoms with E-state index in [0.717, 1.165) is 18.0 Å². The zero-order valence-corrected chi connectivity index (χ0v) is 8.97. The van der Waals surface area contributed by atoms with Crippen molar-refractivity contribution in [3.05, 3.63) is 42.1 Å². The van der Waals surface area contributed by atoms with Crippen LogP contribution >= 0.6 is 0 Å². The molecule has 0 aromatic carbocycles. The van der Waals surface area contributed by atoms with E-state index < -0.39 is 0 Å². The summed E-state index contributed by atoms with van der Waals surface area (Å²) in [6, 6.07) is 6.08. The van der Waals surface area contributed by atoms with Crippen LogP contribution in [0.2, 0.25) is 0 Å². The lowest BCUT2D eigenvalue weighted by atomic mass is 10.2. The molecule has 0 bridgehead atoms. The molecular weight excluding hydrogens is 190 g/mol. The quantitative estimate of drug-likeness (QED) is 0.828. The Morgan fingerprint density at radius 2 is 2.40 bits per heavy atom. The molecule has 1 N–H and O–H groups in total. The monoisotopic (exact) mass is 205 g/mol. The summed E-state index contributed by atoms with van der Waals surface area (Å²) in [4.78, 5) is 0. The van der Waals surface area contributed by atoms with Crippen LogP contribution in [0.5, 0.6) is 0 Å². The summed E-state index contributed by atoms with van der Waals surface area (Å²) < 4.78 is 7.10. The normalized spacial score (nSPS) is 12.9. The van der Waals surface area contributed by atoms with E-state index in [4.69, 9.17) is 4.42 Å². The van der Waals surface area contributed by atoms with E-state index in [1.54, 1.807) is 10.9 Å². The number of nitrogens with zero attached hydrogens (tertiary/aromatic N) is 2. The molecule has 80 valence electrons. The van der Waals surface area contributed by atoms with Gasteiger partial charge in [-0.25, -0.2) is 0 Å². The van der Waals surface area contributed by atoms with Crippen LogP contribution in [0.1, 0.15) is 24.4 Å². The highest BCUT2D eigenvalue weighted by molar-refractivity contribution is 5.04. The standard InChI is InChI=1S/C11H15N3O/c1-9(11-4-3-7-15-11)12-8-10-5-6-14(2)13-10/h3-7,9,12H,8H2,1-2H3/t9-/m1/s1. The van der Waals surface area contributed by atoms with E-state index >= 15 is 0 Å². The second-order valence-corrected chi connectivity index (χ2v) is 3.60. The smallest absolute Gasteiger partial charge is 0.120 e. The van der Waals surface area contributed by atoms with Crippen molar-refractivity contribution < 1.29 is 4.42 Å². The highest BCUT2D eigenvalue weighted by Gasteiger charge is 2.07. The van der Waals surface area contributed by atoms with Crippen molar-refractivity contribution in [3.8, 4) is 0 Å². The molecule has 2 heterocycles. The molecule has 2 aromatic rings. The fourth-order valence-corrected chi connectivity index (χ4v) is 1.45. The second kappa shape index (κ2) is 4.31. The third-order valence-corrected chi connectivity index (χ3v) is 2.33. The molecule has 0 aliphatic heterocycles. The van der Waals surface area contributed by atoms with Gasteiger partial charge in [0.2, 0.25) is 0 Å². The predicted molar refractivity (Wildman–Crippen MR) is 57.2 cm³/mol. The van der Waals surface area contributed by atoms with E-state index in [-0.39, 0.29) is 6.04 Å². The predicted octanol–water partition coefficient (Wildman–Crippen LogP) is 1.86. The van der Waals surface area contributed by atoms with Crippen LogP contribution < -0.4 is 5.32 Å². The van der Waals surface area contributed by atoms with Gasteiger partial charge in [-0.2, -0.15) is 5.10 Å². The van der Waals surface area contributed by atoms with Gasteiger partial charge in [0.25, 0.3) is 0 Å². The number of aromatic nitrogens is 2. The van der Waals surface area contributed by atoms with Gasteiger partial charge in [-0.1, -0.05) is 0 Å². The van der Waals surface area contributed by atoms with Gasteiger partial charge in [-0.15, -0.1) is 0 Å². The lowest BCUT2D eigenvalue weighted by molar-refractivity contribution is 0.428. The molecule has 4 nitrogen and oxygen atoms in total. The van der Waals surface area contributed by atoms with E-state index in [2.05, 4.69) is 17.3 Å². The summed E-state index contributed by atoms with van der Waals surface area (Å²) >= 11 is 0. The molecule has 4 heteroatoms. The van der Waals surface area contributed by atoms with E-state index in [9.17, 15) is 0 Å². The summed E-state index contributed by atoms with van der Waals surface area (Å²) in [5.41, 5.74) is 1.04. The first kappa shape index (κ1) is 9.98. The average molecular weight is 205 g/mol. The number of hydrogen-bond acceptors (Lipinski definition) is 3. The first-order chi connectivity index (χ1) is 7.25. The minimum atomic E-state index is 0.210. The first-order valence-corrected chi connectivity index (χ1v) is 5.01. The molecule has 0 saturated carbocycles. The fraction of sp³-hybridized carbons (Fsp3) is 0.364. The van der Waals surface area contributed by atoms with Crippen molar-refractivity contribution in [2.24, 2.45) is 7.05 Å². The lowest BCUT2D eigenvalue weighted by Gasteiger charge is -2.09. The van der Waals surface area contributed by atoms with Crippen LogP contribution in [0.4, 0.5) is 0 Å². The van der Waals surface area contributed by atoms with Gasteiger partial charge >= 0.3 is 0 Å². The Bertz CT molecular complexity index is 405. The Morgan fingerprint density at radius 1 is 1.53 bits per heavy atom. The SMILES string of the molecule is C[C@@H](NCc1ccn(C)n1)c1ccco1. The molecule has 15 heavy (non-hydrogen) atoms. The molecule has 1 atom stereocenters. The van der Waals surface area contributed by atoms with Gasteiger partial charge in [-0.3, -0.25) is 4.68 Å². The van der Waals surface area contributed by atoms with E-state index in [1.165, 1.54) is 0 Å². The van der Waals surface area contributed by atoms with Crippen molar-refractivity contribution in [1.29, 1.82) is 0 Å². The molecule has 0 spiro atoms. The maximum absolute atomic E-state index is 5.30. The van der Waals surface area contributed by atoms with Gasteiger partial charge in [0.05, 0.1) is 18.0 Å². The number of furan rings is 1. The van der Waals surface area contributed by atoms with Gasteiger partial charge in [0.1, 0.15) is 5.76 Å². The largest absolute Gasteiger partial charge is 0.468 e. The van der Waals surface area contributed by atoms with Crippen LogP contribution in [-0.2, 0) is 13.6 Å². The minimum absolute atomic E-state index is 0.210. The third kappa shape index (κ3) is 2.47. The van der Waals surface area contributed by atoms with Gasteiger partial charge in [0.15, 0.2) is 0 Å². The first-order valence-electron chi connectivity index (χ1n) is 5.01. The Kier molecular flexibility index (Phi) is 2.87. The van der Waals surface area contributed by atoms with Gasteiger partial charge in [0, 0.05) is 19.8 Å². The van der Waals surface area contributed by atoms with Crippen molar-refractivity contribution in [3.63, 3.8) is 0 Å². The molecule has 0 aliphatic carbocycles. The number of aryl methyl sites for hydroxylation is 1. The third-order valence-electron chi connectivity index (χ3n) is 2.33. The summed E-state index contributed by atoms with van der Waals surface area (Å²) in [6.45, 7) is 2.82. The van der Waals surface area contributed by atoms with Crippen LogP contribution in [0, 0.1) is 0 Å². The average Bonchev–Trinajstić information content (AvgIpc) is 2.84. The van der Waals surface area contributed by atoms with E-state index in [1.807, 2.05) is 31.4 Å². The molecule has 0 amide bonds. The van der Waals surface area contributed by atoms with Crippen molar-refractivity contribution >= 4 is 0 Å². The molecule has 0 saturated heterocycles. The van der Waals surface area contributed by atoms with Crippen molar-refractivity contribution in [2.75, 3.05) is 0 Å². The Morgan fingerprint density at radius 3 is 3.00 bits per heavy atom. The van der Waals surface area contributed by atoms with Gasteiger partial charge in [-0.05, 0) is 25.1 Å². The summed E-state index contributed by atoms with van der Waals surface area (Å²) in [7, 11) is 1.92. The van der Waals surface area contributed by atoms with Crippen molar-refractivity contribution in [1.82, 2.24) is 15.1 Å². The molecular formula is C11H15N3O. The highest BCUT2D eigenvalue weighted by Crippen LogP contribution is 2.12. The van der Waals surface area contributed by atoms with Crippen LogP contribution in [0.3, 0.4) is 0 Å². The van der Waals surface area contributed by atoms with Gasteiger partial charge < -0.3 is 9.73 Å². The zero-order chi connectivity index (χ0) is 10.7. The zero-order valence-electron chi connectivity index (χ0n) is 8.97. The topological polar surface area (TPSA) is 43.0 Å². The minimum Gasteiger partial charge on any atom is -0.468 e. The van der Waals surface area contributed by atoms with Crippen LogP contribution in [0.15, 0.2) is 35.1 Å². The molecule has 2 aromatic heterocycles. The summed E-state index contributed by atoms with van der Waals surface area (Å²) in [6.07, 6.45) is 3.63. The van der Waals surface area contributed by atoms with Crippen LogP contribution in [-0.4, -0.2) is 9.78 Å². The van der Waals surface area contributed by atoms with Crippen LogP contribution in [0.25, 0.3) is 0 Å². The number of nitrogens with one attached hydrogen (secondary N) is 1. The fourth-order valence-electron chi connectivity index (χ4n) is 1.45. The lowest BCUT2D eigenvalue weighted by Crippen LogP contribution is -2.17. The maximum Gasteiger partial charge on any atom is 0.120 e. The number of rotatable bonds is 4. The molecule has 2 rings (SSSR count). The Hall–Kier alpha value is -1.55. The molecule has 0 fully saturated rings. The summed E-state index contributed by atoms with van der Waals surface area (Å²) in [5, 5.41) is 7.63. The Labute approximate surface area is 88.9 Å². The number of hydrogen-bond donors (Lipinski definition) is 1. The Balaban J connectivity index is 1.88. The highest BCUT2D eigenvalue weighted by atomic mass is 16.3.